The van der Waals surface area contributed by atoms with Crippen LogP contribution >= 0.6 is 12.4 Å². The first kappa shape index (κ1) is 17.8. The van der Waals surface area contributed by atoms with Gasteiger partial charge in [-0.15, -0.1) is 12.4 Å². The Hall–Kier alpha value is -2.15. The van der Waals surface area contributed by atoms with Gasteiger partial charge in [0.05, 0.1) is 11.5 Å². The molecule has 0 spiro atoms. The Balaban J connectivity index is 0.00000361. The van der Waals surface area contributed by atoms with Crippen LogP contribution in [0.1, 0.15) is 18.9 Å². The number of halogens is 1. The molecule has 0 atom stereocenters. The fraction of sp³-hybridized carbons (Fsp3) is 0.333. The van der Waals surface area contributed by atoms with E-state index in [-0.39, 0.29) is 37.0 Å². The van der Waals surface area contributed by atoms with Crippen LogP contribution in [-0.2, 0) is 20.9 Å². The average molecular weight is 303 g/mol. The van der Waals surface area contributed by atoms with Gasteiger partial charge in [-0.05, 0) is 24.6 Å². The molecule has 8 heteroatoms. The number of benzene rings is 1. The molecule has 0 heterocycles. The summed E-state index contributed by atoms with van der Waals surface area (Å²) < 4.78 is 9.73. The lowest BCUT2D eigenvalue weighted by atomic mass is 10.2. The topological polar surface area (TPSA) is 103 Å². The van der Waals surface area contributed by atoms with Crippen LogP contribution in [0.2, 0.25) is 0 Å². The Morgan fingerprint density at radius 3 is 2.40 bits per heavy atom. The summed E-state index contributed by atoms with van der Waals surface area (Å²) in [6.45, 7) is 2.06. The smallest absolute Gasteiger partial charge is 0.315 e. The van der Waals surface area contributed by atoms with E-state index in [0.717, 1.165) is 0 Å². The van der Waals surface area contributed by atoms with Crippen LogP contribution in [0.25, 0.3) is 0 Å². The minimum atomic E-state index is -0.572. The van der Waals surface area contributed by atoms with Gasteiger partial charge in [-0.1, -0.05) is 0 Å². The minimum Gasteiger partial charge on any atom is -0.481 e. The van der Waals surface area contributed by atoms with E-state index >= 15 is 0 Å². The van der Waals surface area contributed by atoms with Gasteiger partial charge in [0.2, 0.25) is 0 Å². The number of nitrogens with one attached hydrogen (secondary N) is 1. The quantitative estimate of drug-likeness (QED) is 0.286. The summed E-state index contributed by atoms with van der Waals surface area (Å²) >= 11 is 0. The van der Waals surface area contributed by atoms with Crippen LogP contribution in [0.4, 0.5) is 5.69 Å². The average Bonchev–Trinajstić information content (AvgIpc) is 2.37. The lowest BCUT2D eigenvalue weighted by Crippen LogP contribution is -2.13. The van der Waals surface area contributed by atoms with Gasteiger partial charge in [0, 0.05) is 12.1 Å². The van der Waals surface area contributed by atoms with Gasteiger partial charge >= 0.3 is 5.97 Å². The first-order valence-electron chi connectivity index (χ1n) is 5.62. The monoisotopic (exact) mass is 302 g/mol. The summed E-state index contributed by atoms with van der Waals surface area (Å²) in [5, 5.41) is 17.7. The normalized spacial score (nSPS) is 9.25. The number of carbonyl (C=O) groups excluding carboxylic acids is 1. The molecular formula is C12H15ClN2O5. The van der Waals surface area contributed by atoms with Crippen LogP contribution in [-0.4, -0.2) is 23.4 Å². The minimum absolute atomic E-state index is 0. The van der Waals surface area contributed by atoms with Gasteiger partial charge in [0.15, 0.2) is 5.90 Å². The molecule has 1 aromatic carbocycles. The molecule has 0 saturated carbocycles. The maximum absolute atomic E-state index is 11.3. The summed E-state index contributed by atoms with van der Waals surface area (Å²) in [6.07, 6.45) is -0.221. The van der Waals surface area contributed by atoms with Crippen molar-refractivity contribution in [3.63, 3.8) is 0 Å². The van der Waals surface area contributed by atoms with E-state index in [4.69, 9.17) is 14.9 Å². The van der Waals surface area contributed by atoms with Crippen LogP contribution in [0, 0.1) is 15.5 Å². The zero-order chi connectivity index (χ0) is 14.3. The van der Waals surface area contributed by atoms with E-state index in [9.17, 15) is 14.9 Å². The number of hydrogen-bond donors (Lipinski definition) is 1. The van der Waals surface area contributed by atoms with Gasteiger partial charge in [-0.3, -0.25) is 20.3 Å². The number of nitro groups is 1. The molecule has 7 nitrogen and oxygen atoms in total. The van der Waals surface area contributed by atoms with E-state index in [0.29, 0.717) is 12.2 Å². The molecule has 0 aliphatic rings. The highest BCUT2D eigenvalue weighted by Gasteiger charge is 2.09. The third-order valence-corrected chi connectivity index (χ3v) is 2.17. The van der Waals surface area contributed by atoms with Crippen molar-refractivity contribution in [1.82, 2.24) is 0 Å². The predicted octanol–water partition coefficient (Wildman–Crippen LogP) is 2.46. The molecule has 1 rings (SSSR count). The van der Waals surface area contributed by atoms with E-state index in [1.165, 1.54) is 24.3 Å². The SMILES string of the molecule is CCOC(=N)CC(=O)OCc1ccc([N+](=O)[O-])cc1.Cl. The number of non-ortho nitro benzene ring substituents is 1. The Morgan fingerprint density at radius 1 is 1.30 bits per heavy atom. The fourth-order valence-corrected chi connectivity index (χ4v) is 1.29. The van der Waals surface area contributed by atoms with E-state index in [1.54, 1.807) is 6.92 Å². The fourth-order valence-electron chi connectivity index (χ4n) is 1.29. The van der Waals surface area contributed by atoms with Gasteiger partial charge in [0.25, 0.3) is 5.69 Å². The van der Waals surface area contributed by atoms with Gasteiger partial charge in [-0.25, -0.2) is 0 Å². The van der Waals surface area contributed by atoms with Crippen molar-refractivity contribution < 1.29 is 19.2 Å². The molecule has 0 radical (unpaired) electrons. The second-order valence-electron chi connectivity index (χ2n) is 3.62. The van der Waals surface area contributed by atoms with Crippen molar-refractivity contribution in [2.75, 3.05) is 6.61 Å². The molecule has 110 valence electrons. The van der Waals surface area contributed by atoms with Crippen molar-refractivity contribution in [2.45, 2.75) is 20.0 Å². The third kappa shape index (κ3) is 6.14. The van der Waals surface area contributed by atoms with Crippen molar-refractivity contribution in [1.29, 1.82) is 5.41 Å². The highest BCUT2D eigenvalue weighted by atomic mass is 35.5. The Kier molecular flexibility index (Phi) is 7.91. The molecule has 0 amide bonds. The predicted molar refractivity (Wildman–Crippen MR) is 74.1 cm³/mol. The Labute approximate surface area is 122 Å². The van der Waals surface area contributed by atoms with Crippen molar-refractivity contribution in [3.8, 4) is 0 Å². The molecule has 0 fully saturated rings. The lowest BCUT2D eigenvalue weighted by molar-refractivity contribution is -0.384. The molecule has 0 aliphatic heterocycles. The van der Waals surface area contributed by atoms with E-state index in [1.807, 2.05) is 0 Å². The third-order valence-electron chi connectivity index (χ3n) is 2.17. The van der Waals surface area contributed by atoms with Crippen LogP contribution in [0.3, 0.4) is 0 Å². The van der Waals surface area contributed by atoms with Crippen molar-refractivity contribution >= 4 is 30.0 Å². The number of rotatable bonds is 6. The summed E-state index contributed by atoms with van der Waals surface area (Å²) in [5.74, 6) is -0.715. The molecule has 0 aromatic heterocycles. The number of esters is 1. The number of hydrogen-bond acceptors (Lipinski definition) is 6. The first-order chi connectivity index (χ1) is 9.02. The largest absolute Gasteiger partial charge is 0.481 e. The maximum Gasteiger partial charge on any atom is 0.315 e. The zero-order valence-corrected chi connectivity index (χ0v) is 11.6. The second-order valence-corrected chi connectivity index (χ2v) is 3.62. The van der Waals surface area contributed by atoms with E-state index in [2.05, 4.69) is 0 Å². The van der Waals surface area contributed by atoms with Crippen LogP contribution in [0.5, 0.6) is 0 Å². The Bertz CT molecular complexity index is 475. The van der Waals surface area contributed by atoms with Crippen molar-refractivity contribution in [3.05, 3.63) is 39.9 Å². The maximum atomic E-state index is 11.3. The summed E-state index contributed by atoms with van der Waals surface area (Å²) in [7, 11) is 0. The second kappa shape index (κ2) is 8.87. The summed E-state index contributed by atoms with van der Waals surface area (Å²) in [5.41, 5.74) is 0.620. The lowest BCUT2D eigenvalue weighted by Gasteiger charge is -2.06. The molecule has 0 unspecified atom stereocenters. The van der Waals surface area contributed by atoms with E-state index < -0.39 is 10.9 Å². The zero-order valence-electron chi connectivity index (χ0n) is 10.8. The molecule has 1 aromatic rings. The number of nitrogens with zero attached hydrogens (tertiary/aromatic N) is 1. The molecule has 0 saturated heterocycles. The first-order valence-corrected chi connectivity index (χ1v) is 5.62. The Morgan fingerprint density at radius 2 is 1.90 bits per heavy atom. The van der Waals surface area contributed by atoms with Gasteiger partial charge in [-0.2, -0.15) is 0 Å². The number of ether oxygens (including phenoxy) is 2. The molecule has 1 N–H and O–H groups in total. The molecule has 0 bridgehead atoms. The molecular weight excluding hydrogens is 288 g/mol. The van der Waals surface area contributed by atoms with Crippen LogP contribution < -0.4 is 0 Å². The van der Waals surface area contributed by atoms with Gasteiger partial charge < -0.3 is 9.47 Å². The summed E-state index contributed by atoms with van der Waals surface area (Å²) in [6, 6.07) is 5.70. The molecule has 0 aliphatic carbocycles. The van der Waals surface area contributed by atoms with Crippen LogP contribution in [0.15, 0.2) is 24.3 Å². The van der Waals surface area contributed by atoms with Gasteiger partial charge in [0.1, 0.15) is 13.0 Å². The molecule has 20 heavy (non-hydrogen) atoms. The van der Waals surface area contributed by atoms with Crippen molar-refractivity contribution in [2.24, 2.45) is 0 Å². The standard InChI is InChI=1S/C12H14N2O5.ClH/c1-2-18-11(13)7-12(15)19-8-9-3-5-10(6-4-9)14(16)17;/h3-6,13H,2,7-8H2,1H3;1H. The number of carbonyl (C=O) groups is 1. The highest BCUT2D eigenvalue weighted by Crippen LogP contribution is 2.12. The summed E-state index contributed by atoms with van der Waals surface area (Å²) in [4.78, 5) is 21.3. The number of nitro benzene ring substituents is 1. The highest BCUT2D eigenvalue weighted by molar-refractivity contribution is 5.92.